The van der Waals surface area contributed by atoms with Crippen molar-refractivity contribution in [2.24, 2.45) is 0 Å². The molecule has 1 aliphatic heterocycles. The third-order valence-corrected chi connectivity index (χ3v) is 5.76. The average Bonchev–Trinajstić information content (AvgIpc) is 2.81. The summed E-state index contributed by atoms with van der Waals surface area (Å²) in [6.07, 6.45) is 1.58. The summed E-state index contributed by atoms with van der Waals surface area (Å²) in [5.74, 6) is 1.04. The number of ether oxygens (including phenoxy) is 2. The molecule has 0 unspecified atom stereocenters. The van der Waals surface area contributed by atoms with Crippen molar-refractivity contribution >= 4 is 40.9 Å². The summed E-state index contributed by atoms with van der Waals surface area (Å²) in [5, 5.41) is 2.64. The number of rotatable bonds is 5. The first-order valence-corrected chi connectivity index (χ1v) is 10.7. The highest BCUT2D eigenvalue weighted by atomic mass is 32.1. The van der Waals surface area contributed by atoms with Crippen LogP contribution in [0.2, 0.25) is 0 Å². The number of anilines is 1. The van der Waals surface area contributed by atoms with Gasteiger partial charge in [0.1, 0.15) is 22.8 Å². The van der Waals surface area contributed by atoms with E-state index in [0.29, 0.717) is 17.2 Å². The summed E-state index contributed by atoms with van der Waals surface area (Å²) in [4.78, 5) is 27.2. The van der Waals surface area contributed by atoms with Gasteiger partial charge < -0.3 is 9.47 Å². The van der Waals surface area contributed by atoms with E-state index >= 15 is 0 Å². The number of nitrogens with zero attached hydrogens (tertiary/aromatic N) is 1. The number of amides is 2. The molecule has 3 aromatic rings. The number of carbonyl (C=O) groups is 2. The van der Waals surface area contributed by atoms with Crippen molar-refractivity contribution in [2.75, 3.05) is 12.0 Å². The first kappa shape index (κ1) is 22.2. The lowest BCUT2D eigenvalue weighted by Crippen LogP contribution is -2.54. The van der Waals surface area contributed by atoms with Crippen LogP contribution >= 0.6 is 12.2 Å². The Hall–Kier alpha value is -3.97. The molecule has 0 atom stereocenters. The fourth-order valence-electron chi connectivity index (χ4n) is 3.53. The van der Waals surface area contributed by atoms with Crippen molar-refractivity contribution in [3.8, 4) is 17.2 Å². The molecule has 0 bridgehead atoms. The Bertz CT molecular complexity index is 1270. The van der Waals surface area contributed by atoms with Gasteiger partial charge in [-0.05, 0) is 91.3 Å². The minimum Gasteiger partial charge on any atom is -0.496 e. The summed E-state index contributed by atoms with van der Waals surface area (Å²) < 4.78 is 11.2. The van der Waals surface area contributed by atoms with Gasteiger partial charge in [-0.2, -0.15) is 0 Å². The fourth-order valence-corrected chi connectivity index (χ4v) is 3.81. The minimum absolute atomic E-state index is 0.000814. The molecule has 0 saturated carbocycles. The molecule has 1 saturated heterocycles. The number of thiocarbonyl (C=S) groups is 1. The summed E-state index contributed by atoms with van der Waals surface area (Å²) in [6.45, 7) is 3.85. The van der Waals surface area contributed by atoms with Crippen LogP contribution in [0.1, 0.15) is 16.7 Å². The second-order valence-electron chi connectivity index (χ2n) is 7.47. The molecule has 1 aliphatic rings. The number of hydrogen-bond donors (Lipinski definition) is 1. The van der Waals surface area contributed by atoms with Crippen LogP contribution in [0.25, 0.3) is 6.08 Å². The van der Waals surface area contributed by atoms with E-state index in [9.17, 15) is 9.59 Å². The van der Waals surface area contributed by atoms with Crippen LogP contribution in [-0.2, 0) is 9.59 Å². The van der Waals surface area contributed by atoms with Crippen LogP contribution in [0.4, 0.5) is 5.69 Å². The number of hydrogen-bond acceptors (Lipinski definition) is 5. The van der Waals surface area contributed by atoms with Gasteiger partial charge in [-0.15, -0.1) is 0 Å². The van der Waals surface area contributed by atoms with E-state index in [-0.39, 0.29) is 10.7 Å². The highest BCUT2D eigenvalue weighted by molar-refractivity contribution is 7.80. The van der Waals surface area contributed by atoms with Crippen LogP contribution < -0.4 is 19.7 Å². The molecule has 0 aliphatic carbocycles. The predicted molar refractivity (Wildman–Crippen MR) is 132 cm³/mol. The molecule has 1 N–H and O–H groups in total. The zero-order valence-electron chi connectivity index (χ0n) is 18.4. The van der Waals surface area contributed by atoms with Gasteiger partial charge in [0.2, 0.25) is 0 Å². The number of nitrogens with one attached hydrogen (secondary N) is 1. The summed E-state index contributed by atoms with van der Waals surface area (Å²) in [5.41, 5.74) is 3.15. The normalized spacial score (nSPS) is 14.9. The Kier molecular flexibility index (Phi) is 6.24. The SMILES string of the molecule is COc1ccc(/C=C2\C(=O)NC(=S)N(c3ccc(Oc4ccccc4)cc3)C2=O)c(C)c1C. The molecule has 166 valence electrons. The van der Waals surface area contributed by atoms with Crippen molar-refractivity contribution in [3.63, 3.8) is 0 Å². The lowest BCUT2D eigenvalue weighted by molar-refractivity contribution is -0.122. The third kappa shape index (κ3) is 4.49. The minimum atomic E-state index is -0.529. The van der Waals surface area contributed by atoms with Crippen molar-refractivity contribution in [2.45, 2.75) is 13.8 Å². The number of benzene rings is 3. The molecule has 1 heterocycles. The van der Waals surface area contributed by atoms with Crippen LogP contribution in [0.3, 0.4) is 0 Å². The third-order valence-electron chi connectivity index (χ3n) is 5.47. The average molecular weight is 459 g/mol. The quantitative estimate of drug-likeness (QED) is 0.333. The molecule has 2 amide bonds. The maximum atomic E-state index is 13.3. The van der Waals surface area contributed by atoms with Gasteiger partial charge in [0, 0.05) is 0 Å². The highest BCUT2D eigenvalue weighted by Crippen LogP contribution is 2.29. The van der Waals surface area contributed by atoms with Crippen molar-refractivity contribution in [1.29, 1.82) is 0 Å². The van der Waals surface area contributed by atoms with Crippen molar-refractivity contribution in [3.05, 3.63) is 89.0 Å². The smallest absolute Gasteiger partial charge is 0.270 e. The molecular weight excluding hydrogens is 436 g/mol. The van der Waals surface area contributed by atoms with E-state index in [1.54, 1.807) is 37.5 Å². The molecule has 3 aromatic carbocycles. The van der Waals surface area contributed by atoms with Crippen LogP contribution in [0.15, 0.2) is 72.3 Å². The molecule has 7 heteroatoms. The molecule has 1 fully saturated rings. The number of carbonyl (C=O) groups excluding carboxylic acids is 2. The Balaban J connectivity index is 1.63. The first-order valence-electron chi connectivity index (χ1n) is 10.3. The largest absolute Gasteiger partial charge is 0.496 e. The number of para-hydroxylation sites is 1. The standard InChI is InChI=1S/C26H22N2O4S/c1-16-17(2)23(31-3)14-9-18(16)15-22-24(29)27-26(33)28(25(22)30)19-10-12-21(13-11-19)32-20-7-5-4-6-8-20/h4-15H,1-3H3,(H,27,29,33)/b22-15+. The maximum Gasteiger partial charge on any atom is 0.270 e. The number of methoxy groups -OCH3 is 1. The molecule has 33 heavy (non-hydrogen) atoms. The lowest BCUT2D eigenvalue weighted by atomic mass is 9.99. The fraction of sp³-hybridized carbons (Fsp3) is 0.115. The maximum absolute atomic E-state index is 13.3. The van der Waals surface area contributed by atoms with E-state index in [1.165, 1.54) is 4.90 Å². The van der Waals surface area contributed by atoms with Gasteiger partial charge in [-0.25, -0.2) is 0 Å². The molecule has 4 rings (SSSR count). The van der Waals surface area contributed by atoms with Gasteiger partial charge in [0.25, 0.3) is 11.8 Å². The van der Waals surface area contributed by atoms with E-state index in [1.807, 2.05) is 56.3 Å². The monoisotopic (exact) mass is 458 g/mol. The van der Waals surface area contributed by atoms with Crippen LogP contribution in [-0.4, -0.2) is 24.0 Å². The molecule has 0 aromatic heterocycles. The highest BCUT2D eigenvalue weighted by Gasteiger charge is 2.34. The van der Waals surface area contributed by atoms with Crippen molar-refractivity contribution < 1.29 is 19.1 Å². The zero-order chi connectivity index (χ0) is 23.5. The van der Waals surface area contributed by atoms with Gasteiger partial charge in [-0.1, -0.05) is 24.3 Å². The topological polar surface area (TPSA) is 67.9 Å². The second-order valence-corrected chi connectivity index (χ2v) is 7.86. The summed E-state index contributed by atoms with van der Waals surface area (Å²) >= 11 is 5.30. The zero-order valence-corrected chi connectivity index (χ0v) is 19.2. The van der Waals surface area contributed by atoms with Gasteiger partial charge in [0.05, 0.1) is 12.8 Å². The first-order chi connectivity index (χ1) is 15.9. The van der Waals surface area contributed by atoms with E-state index in [2.05, 4.69) is 5.32 Å². The van der Waals surface area contributed by atoms with Gasteiger partial charge in [0.15, 0.2) is 5.11 Å². The van der Waals surface area contributed by atoms with Crippen molar-refractivity contribution in [1.82, 2.24) is 5.32 Å². The Morgan fingerprint density at radius 1 is 0.879 bits per heavy atom. The van der Waals surface area contributed by atoms with Gasteiger partial charge in [-0.3, -0.25) is 19.8 Å². The summed E-state index contributed by atoms with van der Waals surface area (Å²) in [6, 6.07) is 20.0. The molecular formula is C26H22N2O4S. The van der Waals surface area contributed by atoms with E-state index in [4.69, 9.17) is 21.7 Å². The molecule has 6 nitrogen and oxygen atoms in total. The Labute approximate surface area is 197 Å². The van der Waals surface area contributed by atoms with Crippen LogP contribution in [0.5, 0.6) is 17.2 Å². The van der Waals surface area contributed by atoms with Crippen LogP contribution in [0, 0.1) is 13.8 Å². The predicted octanol–water partition coefficient (Wildman–Crippen LogP) is 4.94. The second kappa shape index (κ2) is 9.26. The van der Waals surface area contributed by atoms with E-state index in [0.717, 1.165) is 22.4 Å². The van der Waals surface area contributed by atoms with Gasteiger partial charge >= 0.3 is 0 Å². The Morgan fingerprint density at radius 2 is 1.55 bits per heavy atom. The molecule has 0 spiro atoms. The molecule has 0 radical (unpaired) electrons. The van der Waals surface area contributed by atoms with E-state index < -0.39 is 11.8 Å². The Morgan fingerprint density at radius 3 is 2.21 bits per heavy atom. The lowest BCUT2D eigenvalue weighted by Gasteiger charge is -2.29. The summed E-state index contributed by atoms with van der Waals surface area (Å²) in [7, 11) is 1.60.